The SMILES string of the molecule is CCCC[C@H]1CC[C@H](CCl)CC1. The Labute approximate surface area is 81.7 Å². The van der Waals surface area contributed by atoms with Crippen molar-refractivity contribution in [3.05, 3.63) is 0 Å². The Morgan fingerprint density at radius 3 is 2.17 bits per heavy atom. The van der Waals surface area contributed by atoms with E-state index in [4.69, 9.17) is 11.6 Å². The molecule has 1 aliphatic carbocycles. The normalized spacial score (nSPS) is 30.5. The van der Waals surface area contributed by atoms with Gasteiger partial charge in [0.05, 0.1) is 0 Å². The van der Waals surface area contributed by atoms with E-state index in [1.165, 1.54) is 44.9 Å². The average molecular weight is 189 g/mol. The molecule has 0 saturated heterocycles. The summed E-state index contributed by atoms with van der Waals surface area (Å²) < 4.78 is 0. The molecular weight excluding hydrogens is 168 g/mol. The van der Waals surface area contributed by atoms with Gasteiger partial charge >= 0.3 is 0 Å². The summed E-state index contributed by atoms with van der Waals surface area (Å²) in [5.41, 5.74) is 0. The molecule has 0 aromatic rings. The highest BCUT2D eigenvalue weighted by Gasteiger charge is 2.19. The number of hydrogen-bond acceptors (Lipinski definition) is 0. The van der Waals surface area contributed by atoms with E-state index in [-0.39, 0.29) is 0 Å². The lowest BCUT2D eigenvalue weighted by Gasteiger charge is -2.26. The zero-order valence-corrected chi connectivity index (χ0v) is 8.95. The van der Waals surface area contributed by atoms with Gasteiger partial charge in [-0.15, -0.1) is 11.6 Å². The fourth-order valence-electron chi connectivity index (χ4n) is 2.17. The summed E-state index contributed by atoms with van der Waals surface area (Å²) >= 11 is 5.83. The van der Waals surface area contributed by atoms with E-state index < -0.39 is 0 Å². The molecule has 0 aromatic carbocycles. The van der Waals surface area contributed by atoms with Gasteiger partial charge in [-0.2, -0.15) is 0 Å². The summed E-state index contributed by atoms with van der Waals surface area (Å²) in [7, 11) is 0. The number of halogens is 1. The smallest absolute Gasteiger partial charge is 0.0251 e. The zero-order valence-electron chi connectivity index (χ0n) is 8.19. The highest BCUT2D eigenvalue weighted by molar-refractivity contribution is 6.18. The van der Waals surface area contributed by atoms with Gasteiger partial charge in [0.1, 0.15) is 0 Å². The molecule has 1 rings (SSSR count). The Morgan fingerprint density at radius 1 is 1.08 bits per heavy atom. The number of hydrogen-bond donors (Lipinski definition) is 0. The van der Waals surface area contributed by atoms with E-state index in [0.717, 1.165) is 17.7 Å². The van der Waals surface area contributed by atoms with Gasteiger partial charge in [0.15, 0.2) is 0 Å². The maximum atomic E-state index is 5.83. The van der Waals surface area contributed by atoms with E-state index in [1.807, 2.05) is 0 Å². The third kappa shape index (κ3) is 3.35. The predicted octanol–water partition coefficient (Wildman–Crippen LogP) is 4.22. The first-order valence-electron chi connectivity index (χ1n) is 5.42. The van der Waals surface area contributed by atoms with Crippen LogP contribution in [0.2, 0.25) is 0 Å². The van der Waals surface area contributed by atoms with Crippen LogP contribution in [0.3, 0.4) is 0 Å². The van der Waals surface area contributed by atoms with Crippen LogP contribution < -0.4 is 0 Å². The Balaban J connectivity index is 2.09. The van der Waals surface area contributed by atoms with Gasteiger partial charge in [-0.3, -0.25) is 0 Å². The van der Waals surface area contributed by atoms with Crippen molar-refractivity contribution in [3.8, 4) is 0 Å². The molecule has 0 unspecified atom stereocenters. The molecule has 0 radical (unpaired) electrons. The number of rotatable bonds is 4. The molecule has 0 bridgehead atoms. The van der Waals surface area contributed by atoms with E-state index in [9.17, 15) is 0 Å². The van der Waals surface area contributed by atoms with Gasteiger partial charge in [0.2, 0.25) is 0 Å². The molecule has 0 heterocycles. The third-order valence-electron chi connectivity index (χ3n) is 3.15. The summed E-state index contributed by atoms with van der Waals surface area (Å²) in [4.78, 5) is 0. The van der Waals surface area contributed by atoms with E-state index in [2.05, 4.69) is 6.92 Å². The highest BCUT2D eigenvalue weighted by atomic mass is 35.5. The van der Waals surface area contributed by atoms with Crippen molar-refractivity contribution >= 4 is 11.6 Å². The maximum absolute atomic E-state index is 5.83. The molecule has 1 heteroatoms. The molecule has 0 nitrogen and oxygen atoms in total. The molecule has 1 saturated carbocycles. The number of alkyl halides is 1. The Bertz CT molecular complexity index is 104. The molecule has 1 fully saturated rings. The van der Waals surface area contributed by atoms with E-state index >= 15 is 0 Å². The second-order valence-corrected chi connectivity index (χ2v) is 4.49. The summed E-state index contributed by atoms with van der Waals surface area (Å²) in [6.45, 7) is 2.28. The number of unbranched alkanes of at least 4 members (excludes halogenated alkanes) is 1. The fraction of sp³-hybridized carbons (Fsp3) is 1.00. The van der Waals surface area contributed by atoms with Gasteiger partial charge in [-0.25, -0.2) is 0 Å². The van der Waals surface area contributed by atoms with Crippen LogP contribution >= 0.6 is 11.6 Å². The van der Waals surface area contributed by atoms with Crippen LogP contribution in [0.25, 0.3) is 0 Å². The summed E-state index contributed by atoms with van der Waals surface area (Å²) in [5.74, 6) is 2.76. The highest BCUT2D eigenvalue weighted by Crippen LogP contribution is 2.32. The molecule has 0 N–H and O–H groups in total. The average Bonchev–Trinajstić information content (AvgIpc) is 2.15. The standard InChI is InChI=1S/C11H21Cl/c1-2-3-4-10-5-7-11(9-12)8-6-10/h10-11H,2-9H2,1H3/t10-,11-. The summed E-state index contributed by atoms with van der Waals surface area (Å²) in [6, 6.07) is 0. The van der Waals surface area contributed by atoms with Crippen LogP contribution in [0.1, 0.15) is 51.9 Å². The van der Waals surface area contributed by atoms with Gasteiger partial charge in [-0.05, 0) is 24.7 Å². The van der Waals surface area contributed by atoms with Crippen molar-refractivity contribution in [1.29, 1.82) is 0 Å². The van der Waals surface area contributed by atoms with Crippen molar-refractivity contribution < 1.29 is 0 Å². The maximum Gasteiger partial charge on any atom is 0.0251 e. The van der Waals surface area contributed by atoms with Crippen molar-refractivity contribution in [2.45, 2.75) is 51.9 Å². The minimum Gasteiger partial charge on any atom is -0.126 e. The van der Waals surface area contributed by atoms with Crippen molar-refractivity contribution in [2.75, 3.05) is 5.88 Å². The van der Waals surface area contributed by atoms with Gasteiger partial charge in [0.25, 0.3) is 0 Å². The van der Waals surface area contributed by atoms with Gasteiger partial charge < -0.3 is 0 Å². The quantitative estimate of drug-likeness (QED) is 0.580. The minimum absolute atomic E-state index is 0.838. The molecule has 12 heavy (non-hydrogen) atoms. The van der Waals surface area contributed by atoms with Crippen LogP contribution in [0.5, 0.6) is 0 Å². The Kier molecular flexibility index (Phi) is 5.06. The van der Waals surface area contributed by atoms with Crippen molar-refractivity contribution in [2.24, 2.45) is 11.8 Å². The molecule has 1 aliphatic rings. The first-order chi connectivity index (χ1) is 5.86. The lowest BCUT2D eigenvalue weighted by Crippen LogP contribution is -2.15. The molecule has 0 amide bonds. The monoisotopic (exact) mass is 188 g/mol. The van der Waals surface area contributed by atoms with Crippen LogP contribution in [-0.4, -0.2) is 5.88 Å². The molecular formula is C11H21Cl. The first kappa shape index (κ1) is 10.4. The fourth-order valence-corrected chi connectivity index (χ4v) is 2.48. The second-order valence-electron chi connectivity index (χ2n) is 4.18. The topological polar surface area (TPSA) is 0 Å². The Hall–Kier alpha value is 0.290. The Morgan fingerprint density at radius 2 is 1.67 bits per heavy atom. The largest absolute Gasteiger partial charge is 0.126 e. The molecule has 0 aliphatic heterocycles. The summed E-state index contributed by atoms with van der Waals surface area (Å²) in [6.07, 6.45) is 9.90. The molecule has 0 spiro atoms. The molecule has 0 aromatic heterocycles. The minimum atomic E-state index is 0.838. The molecule has 72 valence electrons. The van der Waals surface area contributed by atoms with Crippen LogP contribution in [-0.2, 0) is 0 Å². The zero-order chi connectivity index (χ0) is 8.81. The van der Waals surface area contributed by atoms with E-state index in [0.29, 0.717) is 0 Å². The van der Waals surface area contributed by atoms with E-state index in [1.54, 1.807) is 0 Å². The van der Waals surface area contributed by atoms with Crippen LogP contribution in [0, 0.1) is 11.8 Å². The third-order valence-corrected chi connectivity index (χ3v) is 3.59. The van der Waals surface area contributed by atoms with Crippen molar-refractivity contribution in [3.63, 3.8) is 0 Å². The van der Waals surface area contributed by atoms with Crippen LogP contribution in [0.15, 0.2) is 0 Å². The van der Waals surface area contributed by atoms with Gasteiger partial charge in [-0.1, -0.05) is 39.0 Å². The second kappa shape index (κ2) is 5.85. The first-order valence-corrected chi connectivity index (χ1v) is 5.96. The lowest BCUT2D eigenvalue weighted by molar-refractivity contribution is 0.275. The predicted molar refractivity (Wildman–Crippen MR) is 55.7 cm³/mol. The van der Waals surface area contributed by atoms with Crippen LogP contribution in [0.4, 0.5) is 0 Å². The lowest BCUT2D eigenvalue weighted by atomic mass is 9.81. The summed E-state index contributed by atoms with van der Waals surface area (Å²) in [5, 5.41) is 0. The molecule has 0 atom stereocenters. The van der Waals surface area contributed by atoms with Gasteiger partial charge in [0, 0.05) is 5.88 Å². The van der Waals surface area contributed by atoms with Crippen molar-refractivity contribution in [1.82, 2.24) is 0 Å².